The van der Waals surface area contributed by atoms with Crippen molar-refractivity contribution in [1.29, 1.82) is 5.26 Å². The number of pyridine rings is 1. The monoisotopic (exact) mass is 390 g/mol. The summed E-state index contributed by atoms with van der Waals surface area (Å²) in [4.78, 5) is 49.1. The molecule has 2 aliphatic heterocycles. The molecule has 8 nitrogen and oxygen atoms in total. The maximum absolute atomic E-state index is 12.7. The number of piperidine rings is 1. The molecule has 0 spiro atoms. The van der Waals surface area contributed by atoms with Crippen molar-refractivity contribution < 1.29 is 19.2 Å². The van der Waals surface area contributed by atoms with Gasteiger partial charge in [0.05, 0.1) is 22.6 Å². The lowest BCUT2D eigenvalue weighted by molar-refractivity contribution is -0.174. The number of amides is 2. The van der Waals surface area contributed by atoms with Crippen molar-refractivity contribution in [2.45, 2.75) is 19.8 Å². The molecule has 2 amide bonds. The zero-order chi connectivity index (χ0) is 20.5. The number of aryl methyl sites for hydroxylation is 1. The van der Waals surface area contributed by atoms with E-state index in [0.717, 1.165) is 5.69 Å². The number of aromatic nitrogens is 1. The molecule has 3 heterocycles. The molecule has 1 fully saturated rings. The Morgan fingerprint density at radius 2 is 1.86 bits per heavy atom. The number of nitrogens with zero attached hydrogens (tertiary/aromatic N) is 4. The molecule has 1 unspecified atom stereocenters. The zero-order valence-electron chi connectivity index (χ0n) is 15.8. The van der Waals surface area contributed by atoms with Crippen molar-refractivity contribution in [3.05, 3.63) is 58.8 Å². The third kappa shape index (κ3) is 3.31. The molecule has 4 rings (SSSR count). The summed E-state index contributed by atoms with van der Waals surface area (Å²) in [6.07, 6.45) is 1.26. The molecular weight excluding hydrogens is 372 g/mol. The van der Waals surface area contributed by atoms with Gasteiger partial charge in [-0.05, 0) is 44.0 Å². The summed E-state index contributed by atoms with van der Waals surface area (Å²) < 4.78 is 0. The van der Waals surface area contributed by atoms with Crippen molar-refractivity contribution in [3.63, 3.8) is 0 Å². The van der Waals surface area contributed by atoms with Gasteiger partial charge >= 0.3 is 5.97 Å². The smallest absolute Gasteiger partial charge is 0.338 e. The Labute approximate surface area is 167 Å². The van der Waals surface area contributed by atoms with Crippen molar-refractivity contribution in [2.24, 2.45) is 5.92 Å². The Kier molecular flexibility index (Phi) is 4.72. The summed E-state index contributed by atoms with van der Waals surface area (Å²) in [5, 5.41) is 9.90. The Balaban J connectivity index is 1.49. The lowest BCUT2D eigenvalue weighted by Gasteiger charge is -2.33. The number of hydrogen-bond donors (Lipinski definition) is 0. The number of benzene rings is 1. The van der Waals surface area contributed by atoms with Crippen LogP contribution < -0.4 is 4.90 Å². The van der Waals surface area contributed by atoms with Gasteiger partial charge in [-0.3, -0.25) is 9.59 Å². The Morgan fingerprint density at radius 3 is 2.52 bits per heavy atom. The van der Waals surface area contributed by atoms with E-state index in [-0.39, 0.29) is 11.1 Å². The molecule has 1 saturated heterocycles. The van der Waals surface area contributed by atoms with Crippen LogP contribution in [0.3, 0.4) is 0 Å². The average Bonchev–Trinajstić information content (AvgIpc) is 2.99. The molecule has 1 atom stereocenters. The van der Waals surface area contributed by atoms with Gasteiger partial charge in [0.1, 0.15) is 11.9 Å². The molecule has 8 heteroatoms. The van der Waals surface area contributed by atoms with Crippen LogP contribution in [0.2, 0.25) is 0 Å². The minimum absolute atomic E-state index is 0.221. The molecule has 0 aliphatic carbocycles. The summed E-state index contributed by atoms with van der Waals surface area (Å²) in [6, 6.07) is 11.9. The van der Waals surface area contributed by atoms with Gasteiger partial charge in [0, 0.05) is 18.8 Å². The fraction of sp³-hybridized carbons (Fsp3) is 0.286. The van der Waals surface area contributed by atoms with Gasteiger partial charge in [-0.1, -0.05) is 17.2 Å². The number of rotatable bonds is 3. The zero-order valence-corrected chi connectivity index (χ0v) is 15.8. The largest absolute Gasteiger partial charge is 0.355 e. The van der Waals surface area contributed by atoms with Gasteiger partial charge in [-0.2, -0.15) is 5.26 Å². The van der Waals surface area contributed by atoms with Gasteiger partial charge < -0.3 is 9.74 Å². The van der Waals surface area contributed by atoms with E-state index in [4.69, 9.17) is 4.84 Å². The lowest BCUT2D eigenvalue weighted by Crippen LogP contribution is -2.43. The quantitative estimate of drug-likeness (QED) is 0.740. The Morgan fingerprint density at radius 1 is 1.17 bits per heavy atom. The maximum Gasteiger partial charge on any atom is 0.338 e. The normalized spacial score (nSPS) is 18.4. The number of carbonyl (C=O) groups excluding carboxylic acids is 3. The highest BCUT2D eigenvalue weighted by atomic mass is 16.7. The first-order chi connectivity index (χ1) is 14.0. The number of hydroxylamine groups is 2. The van der Waals surface area contributed by atoms with Gasteiger partial charge in [-0.25, -0.2) is 9.78 Å². The van der Waals surface area contributed by atoms with Crippen molar-refractivity contribution in [2.75, 3.05) is 18.0 Å². The standard InChI is InChI=1S/C21H18N4O4/c1-13-8-9-14(11-22)18(23-13)24-10-4-5-15(12-24)21(28)29-25-19(26)16-6-2-3-7-17(16)20(25)27/h2-3,6-9,15H,4-5,10,12H2,1H3. The average molecular weight is 390 g/mol. The molecule has 0 radical (unpaired) electrons. The van der Waals surface area contributed by atoms with Crippen LogP contribution in [0.4, 0.5) is 5.82 Å². The van der Waals surface area contributed by atoms with Crippen LogP contribution in [0.1, 0.15) is 44.8 Å². The van der Waals surface area contributed by atoms with E-state index >= 15 is 0 Å². The number of anilines is 1. The summed E-state index contributed by atoms with van der Waals surface area (Å²) in [6.45, 7) is 2.79. The SMILES string of the molecule is Cc1ccc(C#N)c(N2CCCC(C(=O)ON3C(=O)c4ccccc4C3=O)C2)n1. The van der Waals surface area contributed by atoms with Gasteiger partial charge in [-0.15, -0.1) is 0 Å². The number of nitriles is 1. The van der Waals surface area contributed by atoms with Crippen LogP contribution in [-0.2, 0) is 9.63 Å². The minimum atomic E-state index is -0.643. The van der Waals surface area contributed by atoms with Crippen molar-refractivity contribution in [1.82, 2.24) is 10.0 Å². The summed E-state index contributed by atoms with van der Waals surface area (Å²) in [5.41, 5.74) is 1.65. The predicted molar refractivity (Wildman–Crippen MR) is 102 cm³/mol. The molecule has 0 N–H and O–H groups in total. The minimum Gasteiger partial charge on any atom is -0.355 e. The first kappa shape index (κ1) is 18.6. The maximum atomic E-state index is 12.7. The van der Waals surface area contributed by atoms with E-state index in [9.17, 15) is 19.6 Å². The van der Waals surface area contributed by atoms with E-state index < -0.39 is 23.7 Å². The summed E-state index contributed by atoms with van der Waals surface area (Å²) in [7, 11) is 0. The van der Waals surface area contributed by atoms with Gasteiger partial charge in [0.25, 0.3) is 11.8 Å². The van der Waals surface area contributed by atoms with Gasteiger partial charge in [0.15, 0.2) is 0 Å². The van der Waals surface area contributed by atoms with Crippen LogP contribution >= 0.6 is 0 Å². The molecule has 29 heavy (non-hydrogen) atoms. The molecule has 146 valence electrons. The second-order valence-corrected chi connectivity index (χ2v) is 7.08. The van der Waals surface area contributed by atoms with Crippen molar-refractivity contribution in [3.8, 4) is 6.07 Å². The van der Waals surface area contributed by atoms with Crippen LogP contribution in [0.25, 0.3) is 0 Å². The molecule has 1 aromatic heterocycles. The second-order valence-electron chi connectivity index (χ2n) is 7.08. The van der Waals surface area contributed by atoms with Gasteiger partial charge in [0.2, 0.25) is 0 Å². The number of fused-ring (bicyclic) bond motifs is 1. The highest BCUT2D eigenvalue weighted by Gasteiger charge is 2.40. The molecule has 2 aromatic rings. The second kappa shape index (κ2) is 7.36. The Hall–Kier alpha value is -3.73. The highest BCUT2D eigenvalue weighted by Crippen LogP contribution is 2.28. The molecule has 1 aromatic carbocycles. The molecular formula is C21H18N4O4. The fourth-order valence-electron chi connectivity index (χ4n) is 3.65. The topological polar surface area (TPSA) is 104 Å². The van der Waals surface area contributed by atoms with Crippen LogP contribution in [0, 0.1) is 24.2 Å². The lowest BCUT2D eigenvalue weighted by atomic mass is 9.98. The summed E-state index contributed by atoms with van der Waals surface area (Å²) >= 11 is 0. The van der Waals surface area contributed by atoms with Crippen LogP contribution in [0.5, 0.6) is 0 Å². The van der Waals surface area contributed by atoms with E-state index in [1.165, 1.54) is 12.1 Å². The summed E-state index contributed by atoms with van der Waals surface area (Å²) in [5.74, 6) is -1.93. The number of hydrogen-bond acceptors (Lipinski definition) is 7. The first-order valence-electron chi connectivity index (χ1n) is 9.32. The molecule has 0 saturated carbocycles. The van der Waals surface area contributed by atoms with Crippen molar-refractivity contribution >= 4 is 23.6 Å². The van der Waals surface area contributed by atoms with E-state index in [1.807, 2.05) is 11.8 Å². The van der Waals surface area contributed by atoms with E-state index in [0.29, 0.717) is 42.4 Å². The number of imide groups is 1. The first-order valence-corrected chi connectivity index (χ1v) is 9.32. The van der Waals surface area contributed by atoms with Crippen LogP contribution in [0.15, 0.2) is 36.4 Å². The molecule has 2 aliphatic rings. The van der Waals surface area contributed by atoms with E-state index in [1.54, 1.807) is 24.3 Å². The highest BCUT2D eigenvalue weighted by molar-refractivity contribution is 6.20. The third-order valence-corrected chi connectivity index (χ3v) is 5.13. The predicted octanol–water partition coefficient (Wildman–Crippen LogP) is 2.23. The third-order valence-electron chi connectivity index (χ3n) is 5.13. The molecule has 0 bridgehead atoms. The Bertz CT molecular complexity index is 1020. The van der Waals surface area contributed by atoms with Crippen LogP contribution in [-0.4, -0.2) is 40.9 Å². The van der Waals surface area contributed by atoms with E-state index in [2.05, 4.69) is 11.1 Å². The fourth-order valence-corrected chi connectivity index (χ4v) is 3.65. The number of carbonyl (C=O) groups is 3.